The maximum absolute atomic E-state index is 11.6. The van der Waals surface area contributed by atoms with Gasteiger partial charge >= 0.3 is 23.9 Å². The van der Waals surface area contributed by atoms with E-state index < -0.39 is 23.9 Å². The zero-order valence-electron chi connectivity index (χ0n) is 21.5. The van der Waals surface area contributed by atoms with Gasteiger partial charge in [-0.3, -0.25) is 9.59 Å². The summed E-state index contributed by atoms with van der Waals surface area (Å²) < 4.78 is 0. The Morgan fingerprint density at radius 1 is 0.500 bits per heavy atom. The molecule has 5 rings (SSSR count). The summed E-state index contributed by atoms with van der Waals surface area (Å²) in [6.45, 7) is 0. The van der Waals surface area contributed by atoms with Crippen LogP contribution in [0.2, 0.25) is 0 Å². The first-order valence-electron chi connectivity index (χ1n) is 12.3. The van der Waals surface area contributed by atoms with Gasteiger partial charge in [0.05, 0.1) is 45.1 Å². The molecule has 0 aliphatic carbocycles. The van der Waals surface area contributed by atoms with Crippen LogP contribution in [0.25, 0.3) is 42.0 Å². The number of thiazole rings is 2. The molecule has 0 unspecified atom stereocenters. The van der Waals surface area contributed by atoms with Crippen LogP contribution >= 0.6 is 22.7 Å². The molecule has 0 bridgehead atoms. The molecule has 3 aromatic carbocycles. The maximum atomic E-state index is 11.6. The third-order valence-electron chi connectivity index (χ3n) is 6.20. The van der Waals surface area contributed by atoms with Gasteiger partial charge in [0.1, 0.15) is 10.0 Å². The summed E-state index contributed by atoms with van der Waals surface area (Å²) in [5.74, 6) is -4.19. The number of nitrogens with zero attached hydrogens (tertiary/aromatic N) is 2. The number of aromatic carboxylic acids is 2. The van der Waals surface area contributed by atoms with E-state index in [1.807, 2.05) is 0 Å². The topological polar surface area (TPSA) is 175 Å². The predicted molar refractivity (Wildman–Crippen MR) is 156 cm³/mol. The molecule has 0 saturated heterocycles. The van der Waals surface area contributed by atoms with Crippen LogP contribution in [-0.4, -0.2) is 54.3 Å². The van der Waals surface area contributed by atoms with E-state index in [1.165, 1.54) is 46.9 Å². The maximum Gasteiger partial charge on any atom is 0.335 e. The third kappa shape index (κ3) is 6.09. The van der Waals surface area contributed by atoms with Gasteiger partial charge in [0.15, 0.2) is 0 Å². The van der Waals surface area contributed by atoms with Crippen molar-refractivity contribution in [2.24, 2.45) is 0 Å². The SMILES string of the molecule is O=C(O)Cc1nc(-c2ccc(C(=O)O)cc2)sc1-c1ccc(-c2sc(-c3ccc(C(=O)O)cc3)nc2CC(=O)O)cc1. The molecule has 0 atom stereocenters. The summed E-state index contributed by atoms with van der Waals surface area (Å²) >= 11 is 2.58. The van der Waals surface area contributed by atoms with Gasteiger partial charge < -0.3 is 20.4 Å². The molecule has 210 valence electrons. The van der Waals surface area contributed by atoms with Crippen LogP contribution in [0.3, 0.4) is 0 Å². The molecule has 0 amide bonds. The third-order valence-corrected chi connectivity index (χ3v) is 8.59. The summed E-state index contributed by atoms with van der Waals surface area (Å²) in [7, 11) is 0. The number of carbonyl (C=O) groups is 4. The molecular weight excluding hydrogens is 580 g/mol. The second-order valence-corrected chi connectivity index (χ2v) is 11.1. The van der Waals surface area contributed by atoms with Gasteiger partial charge in [-0.2, -0.15) is 0 Å². The van der Waals surface area contributed by atoms with Gasteiger partial charge in [-0.1, -0.05) is 48.5 Å². The Bertz CT molecular complexity index is 1690. The second-order valence-electron chi connectivity index (χ2n) is 9.07. The summed E-state index contributed by atoms with van der Waals surface area (Å²) in [6, 6.07) is 19.6. The molecule has 0 saturated carbocycles. The van der Waals surface area contributed by atoms with Gasteiger partial charge in [-0.15, -0.1) is 22.7 Å². The van der Waals surface area contributed by atoms with Gasteiger partial charge in [0.25, 0.3) is 0 Å². The first-order valence-corrected chi connectivity index (χ1v) is 13.9. The molecule has 0 aliphatic rings. The highest BCUT2D eigenvalue weighted by Gasteiger charge is 2.20. The Balaban J connectivity index is 1.50. The van der Waals surface area contributed by atoms with Crippen LogP contribution in [0, 0.1) is 0 Å². The lowest BCUT2D eigenvalue weighted by Gasteiger charge is -2.04. The van der Waals surface area contributed by atoms with Crippen LogP contribution in [0.1, 0.15) is 32.1 Å². The summed E-state index contributed by atoms with van der Waals surface area (Å²) in [4.78, 5) is 55.9. The number of hydrogen-bond donors (Lipinski definition) is 4. The van der Waals surface area contributed by atoms with E-state index in [1.54, 1.807) is 48.5 Å². The van der Waals surface area contributed by atoms with Crippen LogP contribution in [0.15, 0.2) is 72.8 Å². The molecule has 5 aromatic rings. The lowest BCUT2D eigenvalue weighted by molar-refractivity contribution is -0.137. The Kier molecular flexibility index (Phi) is 7.91. The molecule has 0 aliphatic heterocycles. The summed E-state index contributed by atoms with van der Waals surface area (Å²) in [5, 5.41) is 38.4. The highest BCUT2D eigenvalue weighted by molar-refractivity contribution is 7.19. The number of carboxylic acid groups (broad SMARTS) is 4. The fourth-order valence-corrected chi connectivity index (χ4v) is 6.40. The minimum absolute atomic E-state index is 0.127. The van der Waals surface area contributed by atoms with E-state index in [0.717, 1.165) is 11.1 Å². The number of hydrogen-bond acceptors (Lipinski definition) is 8. The smallest absolute Gasteiger partial charge is 0.335 e. The van der Waals surface area contributed by atoms with Gasteiger partial charge in [-0.05, 0) is 35.4 Å². The van der Waals surface area contributed by atoms with Gasteiger partial charge in [-0.25, -0.2) is 19.6 Å². The van der Waals surface area contributed by atoms with E-state index in [4.69, 9.17) is 10.2 Å². The zero-order valence-corrected chi connectivity index (χ0v) is 23.1. The molecule has 10 nitrogen and oxygen atoms in total. The first-order chi connectivity index (χ1) is 20.1. The van der Waals surface area contributed by atoms with Crippen molar-refractivity contribution in [3.8, 4) is 42.0 Å². The number of benzene rings is 3. The highest BCUT2D eigenvalue weighted by atomic mass is 32.1. The second kappa shape index (κ2) is 11.7. The average molecular weight is 601 g/mol. The van der Waals surface area contributed by atoms with E-state index >= 15 is 0 Å². The standard InChI is InChI=1S/C30H20N2O8S2/c33-23(34)13-21-25(41-27(31-21)17-5-9-19(10-6-17)29(37)38)15-1-2-16(4-3-15)26-22(14-24(35)36)32-28(42-26)18-7-11-20(12-8-18)30(39)40/h1-12H,13-14H2,(H,33,34)(H,35,36)(H,37,38)(H,39,40). The number of aromatic nitrogens is 2. The van der Waals surface area contributed by atoms with Crippen molar-refractivity contribution in [3.63, 3.8) is 0 Å². The minimum Gasteiger partial charge on any atom is -0.481 e. The Hall–Kier alpha value is -5.20. The minimum atomic E-state index is -1.05. The molecule has 2 aromatic heterocycles. The lowest BCUT2D eigenvalue weighted by atomic mass is 10.1. The van der Waals surface area contributed by atoms with Crippen molar-refractivity contribution >= 4 is 46.6 Å². The predicted octanol–water partition coefficient (Wildman–Crippen LogP) is 5.92. The van der Waals surface area contributed by atoms with Crippen molar-refractivity contribution in [3.05, 3.63) is 95.3 Å². The average Bonchev–Trinajstić information content (AvgIpc) is 3.57. The number of carboxylic acids is 4. The summed E-state index contributed by atoms with van der Waals surface area (Å²) in [5.41, 5.74) is 3.75. The molecular formula is C30H20N2O8S2. The normalized spacial score (nSPS) is 10.9. The molecule has 0 spiro atoms. The van der Waals surface area contributed by atoms with E-state index in [9.17, 15) is 29.4 Å². The Morgan fingerprint density at radius 3 is 1.10 bits per heavy atom. The van der Waals surface area contributed by atoms with Crippen molar-refractivity contribution in [1.29, 1.82) is 0 Å². The quantitative estimate of drug-likeness (QED) is 0.151. The van der Waals surface area contributed by atoms with Crippen molar-refractivity contribution in [2.75, 3.05) is 0 Å². The van der Waals surface area contributed by atoms with Crippen molar-refractivity contribution < 1.29 is 39.6 Å². The number of rotatable bonds is 10. The van der Waals surface area contributed by atoms with E-state index in [0.29, 0.717) is 42.3 Å². The van der Waals surface area contributed by atoms with Crippen LogP contribution < -0.4 is 0 Å². The molecule has 42 heavy (non-hydrogen) atoms. The van der Waals surface area contributed by atoms with Crippen molar-refractivity contribution in [2.45, 2.75) is 12.8 Å². The van der Waals surface area contributed by atoms with Crippen LogP contribution in [0.5, 0.6) is 0 Å². The lowest BCUT2D eigenvalue weighted by Crippen LogP contribution is -2.02. The largest absolute Gasteiger partial charge is 0.481 e. The van der Waals surface area contributed by atoms with Crippen molar-refractivity contribution in [1.82, 2.24) is 9.97 Å². The molecule has 2 heterocycles. The van der Waals surface area contributed by atoms with E-state index in [2.05, 4.69) is 9.97 Å². The van der Waals surface area contributed by atoms with Crippen LogP contribution in [-0.2, 0) is 22.4 Å². The zero-order chi connectivity index (χ0) is 30.0. The monoisotopic (exact) mass is 600 g/mol. The van der Waals surface area contributed by atoms with Crippen LogP contribution in [0.4, 0.5) is 0 Å². The fraction of sp³-hybridized carbons (Fsp3) is 0.0667. The highest BCUT2D eigenvalue weighted by Crippen LogP contribution is 2.39. The van der Waals surface area contributed by atoms with Gasteiger partial charge in [0.2, 0.25) is 0 Å². The molecule has 4 N–H and O–H groups in total. The summed E-state index contributed by atoms with van der Waals surface area (Å²) in [6.07, 6.45) is -0.606. The molecule has 0 fully saturated rings. The Morgan fingerprint density at radius 2 is 0.810 bits per heavy atom. The van der Waals surface area contributed by atoms with Gasteiger partial charge in [0, 0.05) is 11.1 Å². The number of aliphatic carboxylic acids is 2. The van der Waals surface area contributed by atoms with E-state index in [-0.39, 0.29) is 24.0 Å². The fourth-order valence-electron chi connectivity index (χ4n) is 4.21. The molecule has 12 heteroatoms. The first kappa shape index (κ1) is 28.3. The Labute approximate surface area is 245 Å². The molecule has 0 radical (unpaired) electrons.